The molecule has 6 nitrogen and oxygen atoms in total. The van der Waals surface area contributed by atoms with E-state index in [9.17, 15) is 0 Å². The topological polar surface area (TPSA) is 38.5 Å². The van der Waals surface area contributed by atoms with Crippen molar-refractivity contribution in [3.8, 4) is 23.0 Å². The Morgan fingerprint density at radius 3 is 2.00 bits per heavy atom. The summed E-state index contributed by atoms with van der Waals surface area (Å²) in [6, 6.07) is 54.2. The molecule has 286 valence electrons. The van der Waals surface area contributed by atoms with Crippen LogP contribution in [0, 0.1) is 0 Å². The van der Waals surface area contributed by atoms with E-state index in [1.165, 1.54) is 38.8 Å². The quantitative estimate of drug-likeness (QED) is 0.169. The highest BCUT2D eigenvalue weighted by Crippen LogP contribution is 2.47. The first kappa shape index (κ1) is 35.6. The molecule has 0 radical (unpaired) electrons. The zero-order chi connectivity index (χ0) is 39.8. The highest BCUT2D eigenvalue weighted by Gasteiger charge is 2.31. The van der Waals surface area contributed by atoms with Gasteiger partial charge in [0.05, 0.1) is 39.3 Å². The monoisotopic (exact) mass is 757 g/mol. The second-order valence-corrected chi connectivity index (χ2v) is 17.5. The van der Waals surface area contributed by atoms with Crippen molar-refractivity contribution in [2.75, 3.05) is 16.5 Å². The van der Waals surface area contributed by atoms with E-state index < -0.39 is 0 Å². The normalized spacial score (nSPS) is 13.2. The van der Waals surface area contributed by atoms with E-state index in [2.05, 4.69) is 212 Å². The lowest BCUT2D eigenvalue weighted by Gasteiger charge is -2.28. The van der Waals surface area contributed by atoms with Gasteiger partial charge in [-0.25, -0.2) is 4.98 Å². The zero-order valence-electron chi connectivity index (χ0n) is 33.9. The van der Waals surface area contributed by atoms with Crippen LogP contribution < -0.4 is 14.5 Å². The van der Waals surface area contributed by atoms with E-state index in [4.69, 9.17) is 9.72 Å². The Morgan fingerprint density at radius 2 is 1.19 bits per heavy atom. The first-order valence-corrected chi connectivity index (χ1v) is 20.1. The van der Waals surface area contributed by atoms with Crippen molar-refractivity contribution in [3.63, 3.8) is 0 Å². The smallest absolute Gasteiger partial charge is 0.137 e. The third kappa shape index (κ3) is 6.08. The molecule has 58 heavy (non-hydrogen) atoms. The molecule has 9 aromatic rings. The van der Waals surface area contributed by atoms with Gasteiger partial charge in [0.1, 0.15) is 24.0 Å². The lowest BCUT2D eigenvalue weighted by molar-refractivity contribution is 0.483. The van der Waals surface area contributed by atoms with Crippen LogP contribution in [-0.2, 0) is 10.8 Å². The lowest BCUT2D eigenvalue weighted by atomic mass is 9.86. The number of rotatable bonds is 6. The van der Waals surface area contributed by atoms with Crippen LogP contribution in [0.25, 0.3) is 44.2 Å². The van der Waals surface area contributed by atoms with Crippen LogP contribution in [0.15, 0.2) is 164 Å². The van der Waals surface area contributed by atoms with Gasteiger partial charge in [-0.1, -0.05) is 102 Å². The van der Waals surface area contributed by atoms with Crippen molar-refractivity contribution < 1.29 is 4.74 Å². The predicted octanol–water partition coefficient (Wildman–Crippen LogP) is 13.8. The van der Waals surface area contributed by atoms with E-state index in [0.717, 1.165) is 50.8 Å². The van der Waals surface area contributed by atoms with E-state index in [1.807, 2.05) is 12.3 Å². The largest absolute Gasteiger partial charge is 0.457 e. The molecule has 1 aliphatic heterocycles. The maximum Gasteiger partial charge on any atom is 0.137 e. The first-order chi connectivity index (χ1) is 28.0. The molecule has 0 bridgehead atoms. The molecule has 10 rings (SSSR count). The van der Waals surface area contributed by atoms with Crippen LogP contribution in [0.3, 0.4) is 0 Å². The number of anilines is 4. The van der Waals surface area contributed by atoms with E-state index >= 15 is 0 Å². The molecule has 6 heteroatoms. The van der Waals surface area contributed by atoms with Crippen molar-refractivity contribution in [1.82, 2.24) is 14.1 Å². The maximum atomic E-state index is 6.74. The van der Waals surface area contributed by atoms with Crippen LogP contribution in [-0.4, -0.2) is 20.8 Å². The number of pyridine rings is 1. The van der Waals surface area contributed by atoms with Gasteiger partial charge in [0, 0.05) is 41.0 Å². The molecule has 3 aromatic heterocycles. The molecule has 0 unspecified atom stereocenters. The van der Waals surface area contributed by atoms with E-state index in [1.54, 1.807) is 0 Å². The maximum absolute atomic E-state index is 6.74. The van der Waals surface area contributed by atoms with Gasteiger partial charge in [0.2, 0.25) is 0 Å². The lowest BCUT2D eigenvalue weighted by Crippen LogP contribution is -2.25. The van der Waals surface area contributed by atoms with Crippen molar-refractivity contribution in [1.29, 1.82) is 0 Å². The fourth-order valence-corrected chi connectivity index (χ4v) is 8.46. The summed E-state index contributed by atoms with van der Waals surface area (Å²) in [4.78, 5) is 9.72. The number of aromatic nitrogens is 3. The summed E-state index contributed by atoms with van der Waals surface area (Å²) in [5, 5.41) is 3.57. The number of fused-ring (bicyclic) bond motifs is 5. The summed E-state index contributed by atoms with van der Waals surface area (Å²) in [5.74, 6) is 2.44. The molecular weight excluding hydrogens is 711 g/mol. The second kappa shape index (κ2) is 13.4. The minimum Gasteiger partial charge on any atom is -0.457 e. The van der Waals surface area contributed by atoms with Crippen LogP contribution in [0.1, 0.15) is 52.7 Å². The summed E-state index contributed by atoms with van der Waals surface area (Å²) < 4.78 is 11.3. The number of para-hydroxylation sites is 4. The number of nitrogens with zero attached hydrogens (tertiary/aromatic N) is 5. The van der Waals surface area contributed by atoms with Gasteiger partial charge in [0.15, 0.2) is 0 Å². The molecule has 6 aromatic carbocycles. The van der Waals surface area contributed by atoms with Gasteiger partial charge in [-0.2, -0.15) is 0 Å². The van der Waals surface area contributed by atoms with E-state index in [-0.39, 0.29) is 10.8 Å². The molecule has 0 aliphatic carbocycles. The highest BCUT2D eigenvalue weighted by molar-refractivity contribution is 6.09. The van der Waals surface area contributed by atoms with E-state index in [0.29, 0.717) is 6.67 Å². The fourth-order valence-electron chi connectivity index (χ4n) is 8.46. The Hall–Kier alpha value is -6.79. The number of benzene rings is 6. The minimum absolute atomic E-state index is 0.00115. The van der Waals surface area contributed by atoms with Crippen LogP contribution in [0.5, 0.6) is 11.5 Å². The van der Waals surface area contributed by atoms with Gasteiger partial charge in [0.25, 0.3) is 0 Å². The zero-order valence-corrected chi connectivity index (χ0v) is 33.9. The summed E-state index contributed by atoms with van der Waals surface area (Å²) in [6.07, 6.45) is 4.11. The Labute approximate surface area is 340 Å². The van der Waals surface area contributed by atoms with Crippen LogP contribution >= 0.6 is 0 Å². The van der Waals surface area contributed by atoms with Crippen LogP contribution in [0.4, 0.5) is 22.7 Å². The number of hydrogen-bond donors (Lipinski definition) is 0. The first-order valence-electron chi connectivity index (χ1n) is 20.1. The molecular formula is C52H47N5O. The summed E-state index contributed by atoms with van der Waals surface area (Å²) in [7, 11) is 0. The van der Waals surface area contributed by atoms with Crippen molar-refractivity contribution in [2.24, 2.45) is 0 Å². The van der Waals surface area contributed by atoms with Crippen molar-refractivity contribution in [2.45, 2.75) is 52.4 Å². The predicted molar refractivity (Wildman–Crippen MR) is 241 cm³/mol. The Morgan fingerprint density at radius 1 is 0.500 bits per heavy atom. The average molecular weight is 758 g/mol. The molecule has 0 spiro atoms. The average Bonchev–Trinajstić information content (AvgIpc) is 3.92. The third-order valence-electron chi connectivity index (χ3n) is 11.6. The van der Waals surface area contributed by atoms with Gasteiger partial charge in [-0.05, 0) is 106 Å². The van der Waals surface area contributed by atoms with Gasteiger partial charge in [-0.15, -0.1) is 0 Å². The van der Waals surface area contributed by atoms with Gasteiger partial charge < -0.3 is 19.1 Å². The molecule has 0 atom stereocenters. The third-order valence-corrected chi connectivity index (χ3v) is 11.6. The number of hydrogen-bond acceptors (Lipinski definition) is 4. The minimum atomic E-state index is -0.0129. The Kier molecular flexibility index (Phi) is 8.24. The molecule has 0 fully saturated rings. The summed E-state index contributed by atoms with van der Waals surface area (Å²) in [6.45, 7) is 14.2. The number of ether oxygens (including phenoxy) is 1. The molecule has 0 saturated heterocycles. The Balaban J connectivity index is 1.03. The molecule has 1 aliphatic rings. The molecule has 0 amide bonds. The van der Waals surface area contributed by atoms with Crippen molar-refractivity contribution >= 4 is 55.5 Å². The highest BCUT2D eigenvalue weighted by atomic mass is 16.5. The molecule has 0 N–H and O–H groups in total. The van der Waals surface area contributed by atoms with Crippen LogP contribution in [0.2, 0.25) is 0 Å². The summed E-state index contributed by atoms with van der Waals surface area (Å²) >= 11 is 0. The molecule has 4 heterocycles. The Bertz CT molecular complexity index is 3010. The fraction of sp³-hybridized carbons (Fsp3) is 0.173. The van der Waals surface area contributed by atoms with Gasteiger partial charge in [-0.3, -0.25) is 4.57 Å². The molecule has 0 saturated carbocycles. The SMILES string of the molecule is CC(C)(C)c1ccnc(-n2c3ccccc3c3ccc(Oc4cccc(N5CN(c6cc(C(C)(C)C)ccc6-n6ccc7ccccc76)c6ccccc65)c4)cc32)c1. The summed E-state index contributed by atoms with van der Waals surface area (Å²) in [5.41, 5.74) is 11.6. The standard InChI is InChI=1S/C52H47N5O/c1-51(2,3)36-22-25-47(54-29-27-35-14-7-9-18-43(35)54)49(30-36)56-34-55(45-20-11-12-21-46(45)56)38-15-13-16-39(32-38)58-40-23-24-42-41-17-8-10-19-44(41)57(48(42)33-40)50-31-37(26-28-53-50)52(4,5)6/h7-33H,34H2,1-6H3. The van der Waals surface area contributed by atoms with Crippen molar-refractivity contribution in [3.05, 3.63) is 175 Å². The second-order valence-electron chi connectivity index (χ2n) is 17.5. The van der Waals surface area contributed by atoms with Gasteiger partial charge >= 0.3 is 0 Å².